The number of rotatable bonds is 9. The normalized spacial score (nSPS) is 20.6. The van der Waals surface area contributed by atoms with Gasteiger partial charge in [-0.1, -0.05) is 60.2 Å². The number of hydrogen-bond acceptors (Lipinski definition) is 6. The minimum atomic E-state index is -1.76. The molecule has 4 aromatic rings. The summed E-state index contributed by atoms with van der Waals surface area (Å²) in [6.07, 6.45) is -0.367. The van der Waals surface area contributed by atoms with Crippen molar-refractivity contribution in [1.82, 2.24) is 0 Å². The topological polar surface area (TPSA) is 114 Å². The van der Waals surface area contributed by atoms with Crippen molar-refractivity contribution < 1.29 is 29.0 Å². The minimum absolute atomic E-state index is 0.300. The van der Waals surface area contributed by atoms with Crippen molar-refractivity contribution >= 4 is 29.0 Å². The fraction of sp³-hybridized carbons (Fsp3) is 0.325. The Morgan fingerprint density at radius 3 is 1.92 bits per heavy atom. The van der Waals surface area contributed by atoms with Crippen LogP contribution in [0, 0.1) is 46.5 Å². The van der Waals surface area contributed by atoms with E-state index in [1.807, 2.05) is 95.3 Å². The number of ether oxygens (including phenoxy) is 2. The van der Waals surface area contributed by atoms with Crippen molar-refractivity contribution in [2.45, 2.75) is 66.1 Å². The van der Waals surface area contributed by atoms with Gasteiger partial charge in [-0.05, 0) is 99.2 Å². The lowest BCUT2D eigenvalue weighted by Gasteiger charge is -2.44. The molecule has 1 aliphatic carbocycles. The first-order valence-electron chi connectivity index (χ1n) is 16.1. The maximum atomic E-state index is 14.3. The average Bonchev–Trinajstić information content (AvgIpc) is 3.03. The fourth-order valence-corrected chi connectivity index (χ4v) is 6.51. The van der Waals surface area contributed by atoms with E-state index in [0.717, 1.165) is 33.4 Å². The van der Waals surface area contributed by atoms with E-state index in [9.17, 15) is 19.5 Å². The van der Waals surface area contributed by atoms with Gasteiger partial charge in [-0.25, -0.2) is 0 Å². The maximum Gasteiger partial charge on any atom is 0.235 e. The second kappa shape index (κ2) is 14.0. The molecule has 4 aromatic carbocycles. The molecule has 8 nitrogen and oxygen atoms in total. The molecular weight excluding hydrogens is 604 g/mol. The highest BCUT2D eigenvalue weighted by Crippen LogP contribution is 2.48. The first-order valence-corrected chi connectivity index (χ1v) is 16.1. The van der Waals surface area contributed by atoms with Crippen LogP contribution >= 0.6 is 0 Å². The van der Waals surface area contributed by atoms with E-state index in [1.54, 1.807) is 18.2 Å². The van der Waals surface area contributed by atoms with Gasteiger partial charge in [0.05, 0.1) is 18.6 Å². The third-order valence-corrected chi connectivity index (χ3v) is 9.22. The number of nitrogens with one attached hydrogen (secondary N) is 2. The quantitative estimate of drug-likeness (QED) is 0.166. The molecule has 1 fully saturated rings. The Bertz CT molecular complexity index is 1850. The second-order valence-corrected chi connectivity index (χ2v) is 13.3. The van der Waals surface area contributed by atoms with Crippen LogP contribution in [-0.2, 0) is 21.0 Å². The van der Waals surface area contributed by atoms with Crippen molar-refractivity contribution in [3.05, 3.63) is 118 Å². The van der Waals surface area contributed by atoms with Crippen molar-refractivity contribution in [2.24, 2.45) is 11.8 Å². The van der Waals surface area contributed by atoms with E-state index in [-0.39, 0.29) is 6.42 Å². The molecule has 3 N–H and O–H groups in total. The van der Waals surface area contributed by atoms with Crippen LogP contribution in [0.15, 0.2) is 78.9 Å². The standard InChI is InChI=1S/C40H44N2O6/c1-23-10-14-28(15-11-23)22-48-33-17-16-29(20-34(33)47-7)35-36(38(44)41-30-18-24(2)8-12-26(30)4)32(43)21-40(6,46)37(35)39(45)42-31-19-25(3)9-13-27(31)5/h8-20,35-37,46H,21-22H2,1-7H3,(H,41,44)(H,42,45). The first kappa shape index (κ1) is 34.4. The summed E-state index contributed by atoms with van der Waals surface area (Å²) < 4.78 is 11.8. The number of hydrogen-bond donors (Lipinski definition) is 3. The molecular formula is C40H44N2O6. The molecule has 1 saturated carbocycles. The SMILES string of the molecule is COc1cc(C2C(C(=O)Nc3cc(C)ccc3C)C(=O)CC(C)(O)C2C(=O)Nc2cc(C)ccc2C)ccc1OCc1ccc(C)cc1. The Hall–Kier alpha value is -4.95. The van der Waals surface area contributed by atoms with Gasteiger partial charge in [0.25, 0.3) is 0 Å². The third kappa shape index (κ3) is 7.44. The molecule has 0 spiro atoms. The number of carbonyl (C=O) groups is 3. The first-order chi connectivity index (χ1) is 22.8. The van der Waals surface area contributed by atoms with Gasteiger partial charge < -0.3 is 25.2 Å². The highest BCUT2D eigenvalue weighted by molar-refractivity contribution is 6.10. The zero-order chi connectivity index (χ0) is 34.7. The molecule has 4 atom stereocenters. The molecule has 0 saturated heterocycles. The number of aryl methyl sites for hydroxylation is 5. The van der Waals surface area contributed by atoms with Gasteiger partial charge in [-0.2, -0.15) is 0 Å². The summed E-state index contributed by atoms with van der Waals surface area (Å²) in [6.45, 7) is 11.4. The van der Waals surface area contributed by atoms with Crippen LogP contribution in [0.25, 0.3) is 0 Å². The Labute approximate surface area is 282 Å². The van der Waals surface area contributed by atoms with Crippen molar-refractivity contribution in [2.75, 3.05) is 17.7 Å². The number of carbonyl (C=O) groups excluding carboxylic acids is 3. The van der Waals surface area contributed by atoms with Crippen molar-refractivity contribution in [3.8, 4) is 11.5 Å². The van der Waals surface area contributed by atoms with E-state index in [4.69, 9.17) is 9.47 Å². The number of methoxy groups -OCH3 is 1. The van der Waals surface area contributed by atoms with Crippen LogP contribution in [0.5, 0.6) is 11.5 Å². The summed E-state index contributed by atoms with van der Waals surface area (Å²) in [5.74, 6) is -4.13. The van der Waals surface area contributed by atoms with Gasteiger partial charge in [-0.3, -0.25) is 14.4 Å². The lowest BCUT2D eigenvalue weighted by Crippen LogP contribution is -2.56. The number of ketones is 1. The number of aliphatic hydroxyl groups is 1. The summed E-state index contributed by atoms with van der Waals surface area (Å²) in [4.78, 5) is 42.4. The van der Waals surface area contributed by atoms with Crippen LogP contribution in [0.2, 0.25) is 0 Å². The van der Waals surface area contributed by atoms with E-state index < -0.39 is 41.0 Å². The van der Waals surface area contributed by atoms with Crippen LogP contribution in [0.3, 0.4) is 0 Å². The fourth-order valence-electron chi connectivity index (χ4n) is 6.51. The summed E-state index contributed by atoms with van der Waals surface area (Å²) in [6, 6.07) is 24.6. The molecule has 0 radical (unpaired) electrons. The number of Topliss-reactive ketones (excluding diaryl/α,β-unsaturated/α-hetero) is 1. The monoisotopic (exact) mass is 648 g/mol. The van der Waals surface area contributed by atoms with E-state index in [0.29, 0.717) is 35.0 Å². The van der Waals surface area contributed by atoms with Gasteiger partial charge in [0.1, 0.15) is 18.3 Å². The van der Waals surface area contributed by atoms with Crippen LogP contribution in [0.4, 0.5) is 11.4 Å². The summed E-state index contributed by atoms with van der Waals surface area (Å²) in [7, 11) is 1.51. The molecule has 2 amide bonds. The van der Waals surface area contributed by atoms with Crippen LogP contribution < -0.4 is 20.1 Å². The van der Waals surface area contributed by atoms with Gasteiger partial charge in [-0.15, -0.1) is 0 Å². The highest BCUT2D eigenvalue weighted by Gasteiger charge is 2.56. The number of anilines is 2. The molecule has 1 aliphatic rings. The maximum absolute atomic E-state index is 14.3. The molecule has 0 aliphatic heterocycles. The third-order valence-electron chi connectivity index (χ3n) is 9.22. The Morgan fingerprint density at radius 2 is 1.33 bits per heavy atom. The zero-order valence-electron chi connectivity index (χ0n) is 28.6. The smallest absolute Gasteiger partial charge is 0.235 e. The average molecular weight is 649 g/mol. The minimum Gasteiger partial charge on any atom is -0.493 e. The highest BCUT2D eigenvalue weighted by atomic mass is 16.5. The van der Waals surface area contributed by atoms with Gasteiger partial charge >= 0.3 is 0 Å². The van der Waals surface area contributed by atoms with Gasteiger partial charge in [0.15, 0.2) is 11.5 Å². The molecule has 0 aromatic heterocycles. The summed E-state index contributed by atoms with van der Waals surface area (Å²) in [5.41, 5.74) is 5.62. The van der Waals surface area contributed by atoms with Crippen LogP contribution in [0.1, 0.15) is 58.2 Å². The summed E-state index contributed by atoms with van der Waals surface area (Å²) in [5, 5.41) is 17.8. The number of amides is 2. The van der Waals surface area contributed by atoms with Crippen LogP contribution in [-0.4, -0.2) is 35.4 Å². The molecule has 250 valence electrons. The van der Waals surface area contributed by atoms with Crippen molar-refractivity contribution in [3.63, 3.8) is 0 Å². The second-order valence-electron chi connectivity index (χ2n) is 13.3. The Kier molecular flexibility index (Phi) is 10.1. The molecule has 8 heteroatoms. The van der Waals surface area contributed by atoms with E-state index >= 15 is 0 Å². The van der Waals surface area contributed by atoms with Gasteiger partial charge in [0, 0.05) is 23.7 Å². The Morgan fingerprint density at radius 1 is 0.771 bits per heavy atom. The number of benzene rings is 4. The molecule has 48 heavy (non-hydrogen) atoms. The Balaban J connectivity index is 1.57. The molecule has 0 heterocycles. The predicted octanol–water partition coefficient (Wildman–Crippen LogP) is 7.13. The summed E-state index contributed by atoms with van der Waals surface area (Å²) >= 11 is 0. The zero-order valence-corrected chi connectivity index (χ0v) is 28.6. The van der Waals surface area contributed by atoms with E-state index in [1.165, 1.54) is 14.0 Å². The molecule has 4 unspecified atom stereocenters. The van der Waals surface area contributed by atoms with E-state index in [2.05, 4.69) is 10.6 Å². The van der Waals surface area contributed by atoms with Gasteiger partial charge in [0.2, 0.25) is 11.8 Å². The predicted molar refractivity (Wildman–Crippen MR) is 188 cm³/mol. The van der Waals surface area contributed by atoms with Crippen molar-refractivity contribution in [1.29, 1.82) is 0 Å². The lowest BCUT2D eigenvalue weighted by molar-refractivity contribution is -0.150. The molecule has 5 rings (SSSR count). The molecule has 0 bridgehead atoms. The lowest BCUT2D eigenvalue weighted by atomic mass is 9.61. The largest absolute Gasteiger partial charge is 0.493 e.